The van der Waals surface area contributed by atoms with Crippen LogP contribution in [0, 0.1) is 0 Å². The number of ether oxygens (including phenoxy) is 1. The van der Waals surface area contributed by atoms with Crippen molar-refractivity contribution in [2.24, 2.45) is 0 Å². The van der Waals surface area contributed by atoms with E-state index in [1.54, 1.807) is 21.7 Å². The van der Waals surface area contributed by atoms with E-state index in [1.165, 1.54) is 0 Å². The summed E-state index contributed by atoms with van der Waals surface area (Å²) >= 11 is 0. The van der Waals surface area contributed by atoms with Crippen molar-refractivity contribution in [3.63, 3.8) is 0 Å². The van der Waals surface area contributed by atoms with Gasteiger partial charge in [0.1, 0.15) is 17.5 Å². The number of para-hydroxylation sites is 1. The summed E-state index contributed by atoms with van der Waals surface area (Å²) in [4.78, 5) is 46.3. The zero-order valence-electron chi connectivity index (χ0n) is 24.2. The highest BCUT2D eigenvalue weighted by Gasteiger charge is 2.47. The maximum Gasteiger partial charge on any atom is 0.322 e. The van der Waals surface area contributed by atoms with Gasteiger partial charge in [-0.05, 0) is 49.2 Å². The fourth-order valence-electron chi connectivity index (χ4n) is 5.64. The lowest BCUT2D eigenvalue weighted by atomic mass is 9.95. The molecule has 0 saturated carbocycles. The van der Waals surface area contributed by atoms with Crippen molar-refractivity contribution < 1.29 is 19.1 Å². The molecule has 3 aromatic carbocycles. The van der Waals surface area contributed by atoms with E-state index in [-0.39, 0.29) is 24.4 Å². The first-order valence-corrected chi connectivity index (χ1v) is 14.1. The van der Waals surface area contributed by atoms with Crippen molar-refractivity contribution in [3.05, 3.63) is 119 Å². The second-order valence-electron chi connectivity index (χ2n) is 10.8. The summed E-state index contributed by atoms with van der Waals surface area (Å²) in [6.45, 7) is 8.64. The molecule has 0 saturated heterocycles. The average Bonchev–Trinajstić information content (AvgIpc) is 3.32. The molecule has 42 heavy (non-hydrogen) atoms. The SMILES string of the molecule is C=C(C)CN(C)C(=O)[C@H](Cc1ccccc1)N1CC2=C(C1=O)[C@H](c1cccc(Oc3ccccc3)c1)NC(=O)N2CC. The Labute approximate surface area is 246 Å². The molecule has 8 nitrogen and oxygen atoms in total. The molecule has 0 spiro atoms. The molecule has 0 unspecified atom stereocenters. The molecule has 0 bridgehead atoms. The molecule has 3 aromatic rings. The fraction of sp³-hybridized carbons (Fsp3) is 0.265. The molecular formula is C34H36N4O4. The van der Waals surface area contributed by atoms with Crippen LogP contribution in [-0.2, 0) is 16.0 Å². The first-order chi connectivity index (χ1) is 20.3. The molecule has 216 valence electrons. The smallest absolute Gasteiger partial charge is 0.322 e. The lowest BCUT2D eigenvalue weighted by molar-refractivity contribution is -0.141. The van der Waals surface area contributed by atoms with Crippen LogP contribution >= 0.6 is 0 Å². The molecule has 4 amide bonds. The summed E-state index contributed by atoms with van der Waals surface area (Å²) in [5, 5.41) is 3.03. The lowest BCUT2D eigenvalue weighted by Gasteiger charge is -2.33. The summed E-state index contributed by atoms with van der Waals surface area (Å²) < 4.78 is 6.04. The summed E-state index contributed by atoms with van der Waals surface area (Å²) in [6.07, 6.45) is 0.352. The number of urea groups is 1. The van der Waals surface area contributed by atoms with Gasteiger partial charge in [-0.25, -0.2) is 4.79 Å². The standard InChI is InChI=1S/C34H36N4O4/c1-5-37-29-22-38(28(19-24-13-8-6-9-14-24)32(39)36(4)21-23(2)3)33(40)30(29)31(35-34(37)41)25-15-12-18-27(20-25)42-26-16-10-7-11-17-26/h6-18,20,28,31H,2,5,19,21-22H2,1,3-4H3,(H,35,41)/t28-,31-/m0/s1. The Bertz CT molecular complexity index is 1520. The minimum Gasteiger partial charge on any atom is -0.457 e. The molecule has 0 aromatic heterocycles. The molecular weight excluding hydrogens is 528 g/mol. The molecule has 8 heteroatoms. The van der Waals surface area contributed by atoms with Gasteiger partial charge in [-0.15, -0.1) is 0 Å². The van der Waals surface area contributed by atoms with E-state index in [9.17, 15) is 14.4 Å². The van der Waals surface area contributed by atoms with Gasteiger partial charge in [-0.1, -0.05) is 72.8 Å². The highest BCUT2D eigenvalue weighted by Crippen LogP contribution is 2.38. The molecule has 5 rings (SSSR count). The van der Waals surface area contributed by atoms with Gasteiger partial charge in [0.05, 0.1) is 23.9 Å². The number of carbonyl (C=O) groups excluding carboxylic acids is 3. The van der Waals surface area contributed by atoms with E-state index < -0.39 is 12.1 Å². The van der Waals surface area contributed by atoms with Crippen LogP contribution in [-0.4, -0.2) is 65.3 Å². The zero-order chi connectivity index (χ0) is 29.8. The predicted molar refractivity (Wildman–Crippen MR) is 162 cm³/mol. The largest absolute Gasteiger partial charge is 0.457 e. The third kappa shape index (κ3) is 5.93. The Balaban J connectivity index is 1.50. The monoisotopic (exact) mass is 564 g/mol. The van der Waals surface area contributed by atoms with Gasteiger partial charge in [-0.3, -0.25) is 14.5 Å². The number of carbonyl (C=O) groups is 3. The van der Waals surface area contributed by atoms with Crippen LogP contribution < -0.4 is 10.1 Å². The van der Waals surface area contributed by atoms with E-state index >= 15 is 0 Å². The normalized spacial score (nSPS) is 17.1. The van der Waals surface area contributed by atoms with Gasteiger partial charge < -0.3 is 19.9 Å². The minimum atomic E-state index is -0.753. The first kappa shape index (κ1) is 28.7. The number of rotatable bonds is 10. The topological polar surface area (TPSA) is 82.2 Å². The molecule has 2 heterocycles. The highest BCUT2D eigenvalue weighted by molar-refractivity contribution is 6.03. The fourth-order valence-corrected chi connectivity index (χ4v) is 5.64. The van der Waals surface area contributed by atoms with Gasteiger partial charge in [0.2, 0.25) is 5.91 Å². The van der Waals surface area contributed by atoms with Crippen LogP contribution in [0.15, 0.2) is 108 Å². The van der Waals surface area contributed by atoms with Gasteiger partial charge in [0.25, 0.3) is 5.91 Å². The molecule has 2 aliphatic heterocycles. The van der Waals surface area contributed by atoms with Crippen LogP contribution in [0.3, 0.4) is 0 Å². The Morgan fingerprint density at radius 3 is 2.36 bits per heavy atom. The zero-order valence-corrected chi connectivity index (χ0v) is 24.2. The van der Waals surface area contributed by atoms with Crippen molar-refractivity contribution in [1.29, 1.82) is 0 Å². The van der Waals surface area contributed by atoms with E-state index in [2.05, 4.69) is 11.9 Å². The molecule has 2 aliphatic rings. The van der Waals surface area contributed by atoms with E-state index in [4.69, 9.17) is 4.74 Å². The van der Waals surface area contributed by atoms with E-state index in [1.807, 2.05) is 98.8 Å². The van der Waals surface area contributed by atoms with Crippen LogP contribution in [0.4, 0.5) is 4.79 Å². The average molecular weight is 565 g/mol. The number of benzene rings is 3. The Hall–Kier alpha value is -4.85. The number of hydrogen-bond donors (Lipinski definition) is 1. The maximum absolute atomic E-state index is 14.3. The second-order valence-corrected chi connectivity index (χ2v) is 10.8. The summed E-state index contributed by atoms with van der Waals surface area (Å²) in [6, 6.07) is 24.8. The van der Waals surface area contributed by atoms with Gasteiger partial charge >= 0.3 is 6.03 Å². The molecule has 0 radical (unpaired) electrons. The number of nitrogens with zero attached hydrogens (tertiary/aromatic N) is 3. The Morgan fingerprint density at radius 1 is 1.02 bits per heavy atom. The maximum atomic E-state index is 14.3. The van der Waals surface area contributed by atoms with E-state index in [0.717, 1.165) is 16.7 Å². The predicted octanol–water partition coefficient (Wildman–Crippen LogP) is 5.31. The first-order valence-electron chi connectivity index (χ1n) is 14.1. The quantitative estimate of drug-likeness (QED) is 0.339. The van der Waals surface area contributed by atoms with Crippen LogP contribution in [0.1, 0.15) is 31.0 Å². The third-order valence-electron chi connectivity index (χ3n) is 7.55. The van der Waals surface area contributed by atoms with Crippen LogP contribution in [0.25, 0.3) is 0 Å². The number of hydrogen-bond acceptors (Lipinski definition) is 4. The van der Waals surface area contributed by atoms with Gasteiger partial charge in [0, 0.05) is 26.6 Å². The number of amides is 4. The van der Waals surface area contributed by atoms with Crippen LogP contribution in [0.2, 0.25) is 0 Å². The summed E-state index contributed by atoms with van der Waals surface area (Å²) in [5.41, 5.74) is 3.61. The molecule has 2 atom stereocenters. The van der Waals surface area contributed by atoms with Crippen molar-refractivity contribution >= 4 is 17.8 Å². The molecule has 0 aliphatic carbocycles. The van der Waals surface area contributed by atoms with Crippen molar-refractivity contribution in [1.82, 2.24) is 20.0 Å². The van der Waals surface area contributed by atoms with Crippen molar-refractivity contribution in [2.45, 2.75) is 32.4 Å². The molecule has 0 fully saturated rings. The van der Waals surface area contributed by atoms with Crippen molar-refractivity contribution in [2.75, 3.05) is 26.7 Å². The van der Waals surface area contributed by atoms with Crippen LogP contribution in [0.5, 0.6) is 11.5 Å². The van der Waals surface area contributed by atoms with Gasteiger partial charge in [-0.2, -0.15) is 0 Å². The summed E-state index contributed by atoms with van der Waals surface area (Å²) in [7, 11) is 1.73. The van der Waals surface area contributed by atoms with Crippen molar-refractivity contribution in [3.8, 4) is 11.5 Å². The second kappa shape index (κ2) is 12.3. The number of likely N-dealkylation sites (N-methyl/N-ethyl adjacent to an activating group) is 2. The number of nitrogens with one attached hydrogen (secondary N) is 1. The summed E-state index contributed by atoms with van der Waals surface area (Å²) in [5.74, 6) is 0.838. The lowest BCUT2D eigenvalue weighted by Crippen LogP contribution is -2.50. The Kier molecular flexibility index (Phi) is 8.43. The minimum absolute atomic E-state index is 0.163. The van der Waals surface area contributed by atoms with E-state index in [0.29, 0.717) is 42.3 Å². The molecule has 1 N–H and O–H groups in total. The highest BCUT2D eigenvalue weighted by atomic mass is 16.5. The van der Waals surface area contributed by atoms with Gasteiger partial charge in [0.15, 0.2) is 0 Å². The third-order valence-corrected chi connectivity index (χ3v) is 7.55. The Morgan fingerprint density at radius 2 is 1.69 bits per heavy atom.